The second-order valence-electron chi connectivity index (χ2n) is 18.6. The van der Waals surface area contributed by atoms with Gasteiger partial charge in [-0.15, -0.1) is 0 Å². The summed E-state index contributed by atoms with van der Waals surface area (Å²) in [5.74, 6) is 0. The number of fused-ring (bicyclic) bond motifs is 4. The molecule has 0 aliphatic heterocycles. The summed E-state index contributed by atoms with van der Waals surface area (Å²) in [6, 6.07) is 97.3. The molecule has 69 heavy (non-hydrogen) atoms. The molecule has 0 saturated heterocycles. The topological polar surface area (TPSA) is 6.48 Å². The van der Waals surface area contributed by atoms with E-state index in [0.717, 1.165) is 34.1 Å². The molecule has 0 unspecified atom stereocenters. The molecule has 1 aliphatic rings. The van der Waals surface area contributed by atoms with E-state index in [1.54, 1.807) is 0 Å². The molecule has 0 heterocycles. The summed E-state index contributed by atoms with van der Waals surface area (Å²) in [6.45, 7) is 4.78. The highest BCUT2D eigenvalue weighted by Gasteiger charge is 2.37. The Balaban J connectivity index is 0.932. The van der Waals surface area contributed by atoms with E-state index in [0.29, 0.717) is 0 Å². The number of hydrogen-bond acceptors (Lipinski definition) is 2. The molecule has 2 nitrogen and oxygen atoms in total. The lowest BCUT2D eigenvalue weighted by molar-refractivity contribution is 0.660. The van der Waals surface area contributed by atoms with Gasteiger partial charge in [-0.25, -0.2) is 0 Å². The van der Waals surface area contributed by atoms with Crippen LogP contribution in [0.25, 0.3) is 66.4 Å². The Morgan fingerprint density at radius 1 is 0.261 bits per heavy atom. The van der Waals surface area contributed by atoms with E-state index in [1.165, 1.54) is 77.5 Å². The molecule has 0 atom stereocenters. The quantitative estimate of drug-likeness (QED) is 0.135. The zero-order chi connectivity index (χ0) is 46.3. The Morgan fingerprint density at radius 3 is 1.12 bits per heavy atom. The highest BCUT2D eigenvalue weighted by atomic mass is 15.1. The molecule has 0 bridgehead atoms. The third-order valence-electron chi connectivity index (χ3n) is 14.1. The summed E-state index contributed by atoms with van der Waals surface area (Å²) in [7, 11) is 0. The maximum absolute atomic E-state index is 2.44. The number of benzene rings is 11. The summed E-state index contributed by atoms with van der Waals surface area (Å²) in [5, 5.41) is 2.42. The van der Waals surface area contributed by atoms with E-state index in [1.807, 2.05) is 0 Å². The number of nitrogens with zero attached hydrogens (tertiary/aromatic N) is 2. The van der Waals surface area contributed by atoms with Gasteiger partial charge in [0.15, 0.2) is 0 Å². The molecule has 0 radical (unpaired) electrons. The molecular formula is C67H50N2. The van der Waals surface area contributed by atoms with Crippen LogP contribution in [0, 0.1) is 0 Å². The first kappa shape index (κ1) is 41.7. The molecule has 11 aromatic carbocycles. The Morgan fingerprint density at radius 2 is 0.609 bits per heavy atom. The summed E-state index contributed by atoms with van der Waals surface area (Å²) >= 11 is 0. The molecule has 2 heteroatoms. The van der Waals surface area contributed by atoms with E-state index in [2.05, 4.69) is 291 Å². The normalized spacial score (nSPS) is 12.3. The minimum atomic E-state index is -0.283. The van der Waals surface area contributed by atoms with Gasteiger partial charge in [0.2, 0.25) is 0 Å². The Hall–Kier alpha value is -8.72. The summed E-state index contributed by atoms with van der Waals surface area (Å²) in [4.78, 5) is 4.84. The van der Waals surface area contributed by atoms with Crippen LogP contribution in [0.3, 0.4) is 0 Å². The van der Waals surface area contributed by atoms with E-state index in [4.69, 9.17) is 0 Å². The molecular weight excluding hydrogens is 833 g/mol. The average molecular weight is 883 g/mol. The summed E-state index contributed by atoms with van der Waals surface area (Å²) in [6.07, 6.45) is 0. The van der Waals surface area contributed by atoms with Crippen molar-refractivity contribution in [3.63, 3.8) is 0 Å². The predicted octanol–water partition coefficient (Wildman–Crippen LogP) is 18.8. The van der Waals surface area contributed by atoms with Crippen molar-refractivity contribution in [3.8, 4) is 55.6 Å². The fourth-order valence-electron chi connectivity index (χ4n) is 10.4. The van der Waals surface area contributed by atoms with Gasteiger partial charge in [0.1, 0.15) is 0 Å². The predicted molar refractivity (Wildman–Crippen MR) is 293 cm³/mol. The van der Waals surface area contributed by atoms with Crippen molar-refractivity contribution >= 4 is 44.9 Å². The van der Waals surface area contributed by atoms with Crippen molar-refractivity contribution in [1.82, 2.24) is 0 Å². The first-order chi connectivity index (χ1) is 34.0. The lowest BCUT2D eigenvalue weighted by Crippen LogP contribution is -2.17. The van der Waals surface area contributed by atoms with Gasteiger partial charge in [-0.05, 0) is 145 Å². The number of hydrogen-bond donors (Lipinski definition) is 0. The van der Waals surface area contributed by atoms with Crippen LogP contribution in [-0.2, 0) is 5.41 Å². The van der Waals surface area contributed by atoms with Gasteiger partial charge in [-0.3, -0.25) is 0 Å². The Kier molecular flexibility index (Phi) is 10.6. The number of anilines is 6. The van der Waals surface area contributed by atoms with Crippen LogP contribution in [-0.4, -0.2) is 0 Å². The van der Waals surface area contributed by atoms with Gasteiger partial charge < -0.3 is 9.80 Å². The minimum absolute atomic E-state index is 0.283. The molecule has 0 spiro atoms. The van der Waals surface area contributed by atoms with Gasteiger partial charge in [0.05, 0.1) is 5.69 Å². The van der Waals surface area contributed by atoms with Crippen LogP contribution in [0.1, 0.15) is 25.0 Å². The first-order valence-corrected chi connectivity index (χ1v) is 23.9. The van der Waals surface area contributed by atoms with Gasteiger partial charge >= 0.3 is 0 Å². The van der Waals surface area contributed by atoms with Gasteiger partial charge in [0, 0.05) is 39.2 Å². The SMILES string of the molecule is CC1(C)c2cc(N(c3ccc(-c4ccccc4)cc3)c3ccc(-c4ccccc4)cc3)ccc2-c2ccc(N(c3ccc(-c4cccc(-c5ccccc5)c4)cc3)c3cccc4ccccc34)cc21. The molecule has 1 aliphatic carbocycles. The zero-order valence-electron chi connectivity index (χ0n) is 38.8. The molecule has 0 saturated carbocycles. The van der Waals surface area contributed by atoms with Crippen LogP contribution < -0.4 is 9.80 Å². The highest BCUT2D eigenvalue weighted by Crippen LogP contribution is 2.53. The molecule has 0 N–H and O–H groups in total. The average Bonchev–Trinajstić information content (AvgIpc) is 3.64. The van der Waals surface area contributed by atoms with Crippen LogP contribution in [0.5, 0.6) is 0 Å². The van der Waals surface area contributed by atoms with Crippen molar-refractivity contribution in [2.75, 3.05) is 9.80 Å². The second kappa shape index (κ2) is 17.5. The van der Waals surface area contributed by atoms with Crippen molar-refractivity contribution in [3.05, 3.63) is 278 Å². The Labute approximate surface area is 405 Å². The molecule has 11 aromatic rings. The summed E-state index contributed by atoms with van der Waals surface area (Å²) < 4.78 is 0. The minimum Gasteiger partial charge on any atom is -0.310 e. The van der Waals surface area contributed by atoms with E-state index < -0.39 is 0 Å². The second-order valence-corrected chi connectivity index (χ2v) is 18.6. The third-order valence-corrected chi connectivity index (χ3v) is 14.1. The van der Waals surface area contributed by atoms with Crippen LogP contribution in [0.15, 0.2) is 267 Å². The van der Waals surface area contributed by atoms with Crippen molar-refractivity contribution in [2.24, 2.45) is 0 Å². The van der Waals surface area contributed by atoms with Gasteiger partial charge in [-0.1, -0.05) is 208 Å². The molecule has 0 fully saturated rings. The molecule has 0 amide bonds. The standard InChI is InChI=1S/C67H50N2/c1-67(2)64-45-59(68(56-34-28-50(29-35-56)47-16-6-3-7-17-47)57-36-30-51(31-37-57)48-18-8-4-9-19-48)40-42-62(64)63-43-41-60(46-65(63)67)69(66-27-15-23-53-22-12-13-26-61(53)66)58-38-32-52(33-39-58)55-25-14-24-54(44-55)49-20-10-5-11-21-49/h3-46H,1-2H3. The van der Waals surface area contributed by atoms with E-state index >= 15 is 0 Å². The van der Waals surface area contributed by atoms with Gasteiger partial charge in [-0.2, -0.15) is 0 Å². The number of rotatable bonds is 10. The smallest absolute Gasteiger partial charge is 0.0540 e. The fraction of sp³-hybridized carbons (Fsp3) is 0.0448. The molecule has 328 valence electrons. The van der Waals surface area contributed by atoms with Crippen LogP contribution >= 0.6 is 0 Å². The highest BCUT2D eigenvalue weighted by molar-refractivity contribution is 6.00. The summed E-state index contributed by atoms with van der Waals surface area (Å²) in [5.41, 5.74) is 21.3. The molecule has 0 aromatic heterocycles. The lowest BCUT2D eigenvalue weighted by atomic mass is 9.82. The van der Waals surface area contributed by atoms with Crippen LogP contribution in [0.2, 0.25) is 0 Å². The van der Waals surface area contributed by atoms with Crippen molar-refractivity contribution in [1.29, 1.82) is 0 Å². The largest absolute Gasteiger partial charge is 0.310 e. The van der Waals surface area contributed by atoms with Crippen molar-refractivity contribution in [2.45, 2.75) is 19.3 Å². The van der Waals surface area contributed by atoms with Crippen LogP contribution in [0.4, 0.5) is 34.1 Å². The van der Waals surface area contributed by atoms with Crippen molar-refractivity contribution < 1.29 is 0 Å². The zero-order valence-corrected chi connectivity index (χ0v) is 38.8. The van der Waals surface area contributed by atoms with E-state index in [-0.39, 0.29) is 5.41 Å². The maximum atomic E-state index is 2.44. The lowest BCUT2D eigenvalue weighted by Gasteiger charge is -2.30. The Bertz CT molecular complexity index is 3510. The fourth-order valence-corrected chi connectivity index (χ4v) is 10.4. The van der Waals surface area contributed by atoms with E-state index in [9.17, 15) is 0 Å². The monoisotopic (exact) mass is 882 g/mol. The molecule has 12 rings (SSSR count). The first-order valence-electron chi connectivity index (χ1n) is 23.9. The maximum Gasteiger partial charge on any atom is 0.0540 e. The third kappa shape index (κ3) is 7.76. The van der Waals surface area contributed by atoms with Gasteiger partial charge in [0.25, 0.3) is 0 Å².